The number of nitrogens with one attached hydrogen (secondary N) is 2. The van der Waals surface area contributed by atoms with Crippen molar-refractivity contribution in [2.75, 3.05) is 66.9 Å². The SMILES string of the molecule is CC(=O)Nc1cc(C(F)(F)F)c(C(=O)Nc2cc(-c3cnc(N4CCOCC4)nc3)c(F)cc2N2C[C@@H](C)N(C)[C@@H](C)C2)cn1. The minimum Gasteiger partial charge on any atom is -0.378 e. The lowest BCUT2D eigenvalue weighted by atomic mass is 10.0. The number of morpholine rings is 1. The lowest BCUT2D eigenvalue weighted by Gasteiger charge is -2.44. The van der Waals surface area contributed by atoms with E-state index in [1.165, 1.54) is 24.5 Å². The topological polar surface area (TPSA) is 116 Å². The molecule has 45 heavy (non-hydrogen) atoms. The first-order valence-corrected chi connectivity index (χ1v) is 14.4. The summed E-state index contributed by atoms with van der Waals surface area (Å²) in [5, 5.41) is 4.79. The summed E-state index contributed by atoms with van der Waals surface area (Å²) in [6, 6.07) is 3.40. The number of halogens is 4. The van der Waals surface area contributed by atoms with E-state index in [9.17, 15) is 22.8 Å². The normalized spacial score (nSPS) is 19.4. The first-order valence-electron chi connectivity index (χ1n) is 14.4. The minimum absolute atomic E-state index is 0.0629. The second kappa shape index (κ2) is 12.9. The van der Waals surface area contributed by atoms with Crippen molar-refractivity contribution >= 4 is 35.0 Å². The van der Waals surface area contributed by atoms with Crippen LogP contribution >= 0.6 is 0 Å². The second-order valence-corrected chi connectivity index (χ2v) is 11.2. The zero-order chi connectivity index (χ0) is 32.5. The highest BCUT2D eigenvalue weighted by Crippen LogP contribution is 2.38. The number of ether oxygens (including phenoxy) is 1. The van der Waals surface area contributed by atoms with Gasteiger partial charge in [0.05, 0.1) is 35.7 Å². The maximum absolute atomic E-state index is 15.8. The number of pyridine rings is 1. The fraction of sp³-hybridized carbons (Fsp3) is 0.433. The van der Waals surface area contributed by atoms with E-state index in [4.69, 9.17) is 4.74 Å². The molecule has 11 nitrogen and oxygen atoms in total. The molecule has 2 fully saturated rings. The molecule has 2 aliphatic rings. The van der Waals surface area contributed by atoms with Gasteiger partial charge in [0.15, 0.2) is 0 Å². The van der Waals surface area contributed by atoms with Crippen LogP contribution in [0.25, 0.3) is 11.1 Å². The predicted octanol–water partition coefficient (Wildman–Crippen LogP) is 4.27. The van der Waals surface area contributed by atoms with Crippen molar-refractivity contribution < 1.29 is 31.9 Å². The number of amides is 2. The van der Waals surface area contributed by atoms with Crippen LogP contribution in [0.5, 0.6) is 0 Å². The molecular formula is C30H34F4N8O3. The Balaban J connectivity index is 1.54. The van der Waals surface area contributed by atoms with Crippen molar-refractivity contribution in [2.24, 2.45) is 0 Å². The number of carbonyl (C=O) groups excluding carboxylic acids is 2. The van der Waals surface area contributed by atoms with Crippen molar-refractivity contribution in [2.45, 2.75) is 39.0 Å². The number of aromatic nitrogens is 3. The van der Waals surface area contributed by atoms with Gasteiger partial charge in [-0.3, -0.25) is 14.5 Å². The number of hydrogen-bond donors (Lipinski definition) is 2. The molecule has 1 aromatic carbocycles. The van der Waals surface area contributed by atoms with Gasteiger partial charge >= 0.3 is 6.18 Å². The lowest BCUT2D eigenvalue weighted by molar-refractivity contribution is -0.138. The Morgan fingerprint density at radius 3 is 2.18 bits per heavy atom. The van der Waals surface area contributed by atoms with Crippen LogP contribution in [0, 0.1) is 5.82 Å². The van der Waals surface area contributed by atoms with E-state index in [0.29, 0.717) is 62.7 Å². The highest BCUT2D eigenvalue weighted by molar-refractivity contribution is 6.07. The van der Waals surface area contributed by atoms with Gasteiger partial charge in [-0.1, -0.05) is 0 Å². The van der Waals surface area contributed by atoms with Crippen LogP contribution < -0.4 is 20.4 Å². The van der Waals surface area contributed by atoms with E-state index < -0.39 is 34.9 Å². The van der Waals surface area contributed by atoms with Gasteiger partial charge in [0.2, 0.25) is 11.9 Å². The second-order valence-electron chi connectivity index (χ2n) is 11.2. The van der Waals surface area contributed by atoms with E-state index in [-0.39, 0.29) is 29.2 Å². The average Bonchev–Trinajstić information content (AvgIpc) is 3.00. The van der Waals surface area contributed by atoms with Crippen molar-refractivity contribution in [1.29, 1.82) is 0 Å². The van der Waals surface area contributed by atoms with E-state index in [1.54, 1.807) is 0 Å². The third kappa shape index (κ3) is 7.14. The van der Waals surface area contributed by atoms with Crippen LogP contribution in [0.2, 0.25) is 0 Å². The highest BCUT2D eigenvalue weighted by atomic mass is 19.4. The van der Waals surface area contributed by atoms with Gasteiger partial charge in [0.25, 0.3) is 5.91 Å². The molecule has 0 spiro atoms. The van der Waals surface area contributed by atoms with Gasteiger partial charge < -0.3 is 25.2 Å². The molecule has 2 N–H and O–H groups in total. The summed E-state index contributed by atoms with van der Waals surface area (Å²) >= 11 is 0. The molecule has 3 aromatic rings. The van der Waals surface area contributed by atoms with Gasteiger partial charge in [0.1, 0.15) is 11.6 Å². The molecule has 0 unspecified atom stereocenters. The van der Waals surface area contributed by atoms with Gasteiger partial charge in [0, 0.05) is 74.9 Å². The third-order valence-corrected chi connectivity index (χ3v) is 8.04. The number of nitrogens with zero attached hydrogens (tertiary/aromatic N) is 6. The minimum atomic E-state index is -4.93. The van der Waals surface area contributed by atoms with Gasteiger partial charge in [-0.05, 0) is 39.1 Å². The summed E-state index contributed by atoms with van der Waals surface area (Å²) in [5.41, 5.74) is -1.23. The number of anilines is 4. The number of piperazine rings is 1. The molecule has 0 saturated carbocycles. The molecule has 0 bridgehead atoms. The standard InChI is InChI=1S/C30H34F4N8O3/c1-17-15-42(16-18(2)40(17)4)26-11-24(31)21(20-12-36-29(37-13-20)41-5-7-45-8-6-41)9-25(26)39-28(44)22-14-35-27(38-19(3)43)10-23(22)30(32,33)34/h9-14,17-18H,5-8,15-16H2,1-4H3,(H,39,44)(H,35,38,43)/t17-,18+. The molecule has 15 heteroatoms. The Bertz CT molecular complexity index is 1550. The molecule has 4 heterocycles. The maximum atomic E-state index is 15.8. The fourth-order valence-corrected chi connectivity index (χ4v) is 5.44. The van der Waals surface area contributed by atoms with Crippen molar-refractivity contribution in [3.8, 4) is 11.1 Å². The van der Waals surface area contributed by atoms with Gasteiger partial charge in [-0.15, -0.1) is 0 Å². The maximum Gasteiger partial charge on any atom is 0.417 e. The van der Waals surface area contributed by atoms with Crippen LogP contribution in [0.3, 0.4) is 0 Å². The fourth-order valence-electron chi connectivity index (χ4n) is 5.44. The van der Waals surface area contributed by atoms with Crippen molar-refractivity contribution in [3.05, 3.63) is 53.7 Å². The van der Waals surface area contributed by atoms with Crippen LogP contribution in [0.1, 0.15) is 36.7 Å². The van der Waals surface area contributed by atoms with Crippen LogP contribution in [0.4, 0.5) is 40.7 Å². The number of hydrogen-bond acceptors (Lipinski definition) is 9. The molecule has 2 aliphatic heterocycles. The van der Waals surface area contributed by atoms with Gasteiger partial charge in [-0.2, -0.15) is 13.2 Å². The molecule has 240 valence electrons. The predicted molar refractivity (Wildman–Crippen MR) is 161 cm³/mol. The Morgan fingerprint density at radius 1 is 0.933 bits per heavy atom. The molecule has 2 aromatic heterocycles. The van der Waals surface area contributed by atoms with E-state index in [1.807, 2.05) is 30.7 Å². The summed E-state index contributed by atoms with van der Waals surface area (Å²) in [6.45, 7) is 8.42. The summed E-state index contributed by atoms with van der Waals surface area (Å²) in [4.78, 5) is 43.5. The number of benzene rings is 1. The summed E-state index contributed by atoms with van der Waals surface area (Å²) in [6.07, 6.45) is -1.24. The zero-order valence-corrected chi connectivity index (χ0v) is 25.3. The first kappa shape index (κ1) is 32.0. The number of rotatable bonds is 6. The molecule has 0 aliphatic carbocycles. The molecule has 0 radical (unpaired) electrons. The monoisotopic (exact) mass is 630 g/mol. The zero-order valence-electron chi connectivity index (χ0n) is 25.3. The molecule has 2 atom stereocenters. The van der Waals surface area contributed by atoms with Crippen molar-refractivity contribution in [3.63, 3.8) is 0 Å². The van der Waals surface area contributed by atoms with E-state index in [2.05, 4.69) is 30.5 Å². The summed E-state index contributed by atoms with van der Waals surface area (Å²) in [7, 11) is 1.98. The molecular weight excluding hydrogens is 596 g/mol. The van der Waals surface area contributed by atoms with Crippen LogP contribution in [0.15, 0.2) is 36.8 Å². The summed E-state index contributed by atoms with van der Waals surface area (Å²) < 4.78 is 63.3. The highest BCUT2D eigenvalue weighted by Gasteiger charge is 2.37. The smallest absolute Gasteiger partial charge is 0.378 e. The van der Waals surface area contributed by atoms with Crippen LogP contribution in [-0.2, 0) is 15.7 Å². The summed E-state index contributed by atoms with van der Waals surface area (Å²) in [5.74, 6) is -2.21. The number of alkyl halides is 3. The molecule has 2 saturated heterocycles. The lowest BCUT2D eigenvalue weighted by Crippen LogP contribution is -2.55. The van der Waals surface area contributed by atoms with E-state index in [0.717, 1.165) is 13.1 Å². The van der Waals surface area contributed by atoms with Crippen LogP contribution in [-0.4, -0.2) is 90.2 Å². The number of carbonyl (C=O) groups is 2. The first-order chi connectivity index (χ1) is 21.3. The Kier molecular flexibility index (Phi) is 9.20. The third-order valence-electron chi connectivity index (χ3n) is 8.04. The molecule has 2 amide bonds. The Morgan fingerprint density at radius 2 is 1.58 bits per heavy atom. The largest absolute Gasteiger partial charge is 0.417 e. The quantitative estimate of drug-likeness (QED) is 0.386. The number of likely N-dealkylation sites (N-methyl/N-ethyl adjacent to an activating group) is 1. The Labute approximate surface area is 257 Å². The van der Waals surface area contributed by atoms with Gasteiger partial charge in [-0.25, -0.2) is 19.3 Å². The molecule has 5 rings (SSSR count). The van der Waals surface area contributed by atoms with E-state index >= 15 is 4.39 Å². The van der Waals surface area contributed by atoms with Crippen molar-refractivity contribution in [1.82, 2.24) is 19.9 Å². The average molecular weight is 631 g/mol. The Hall–Kier alpha value is -4.37.